The molecule has 10 heteroatoms. The summed E-state index contributed by atoms with van der Waals surface area (Å²) < 4.78 is 31.6. The number of terminal acetylenes is 1. The van der Waals surface area contributed by atoms with Gasteiger partial charge in [-0.1, -0.05) is 19.1 Å². The van der Waals surface area contributed by atoms with Gasteiger partial charge in [0.05, 0.1) is 25.9 Å². The number of benzene rings is 2. The van der Waals surface area contributed by atoms with Crippen molar-refractivity contribution in [2.75, 3.05) is 37.8 Å². The van der Waals surface area contributed by atoms with Gasteiger partial charge in [-0.05, 0) is 81.9 Å². The van der Waals surface area contributed by atoms with Crippen LogP contribution in [0.3, 0.4) is 0 Å². The number of alkyl halides is 1. The first-order valence-corrected chi connectivity index (χ1v) is 15.0. The highest BCUT2D eigenvalue weighted by Gasteiger charge is 2.36. The molecular weight excluding hydrogens is 584 g/mol. The first-order chi connectivity index (χ1) is 22.1. The van der Waals surface area contributed by atoms with Gasteiger partial charge < -0.3 is 26.4 Å². The predicted molar refractivity (Wildman–Crippen MR) is 186 cm³/mol. The number of hydrogen-bond donors (Lipinski definition) is 4. The van der Waals surface area contributed by atoms with Crippen molar-refractivity contribution in [1.82, 2.24) is 14.8 Å². The first-order valence-electron chi connectivity index (χ1n) is 15.0. The molecule has 3 heterocycles. The quantitative estimate of drug-likeness (QED) is 0.127. The van der Waals surface area contributed by atoms with Crippen molar-refractivity contribution in [2.24, 2.45) is 5.73 Å². The summed E-state index contributed by atoms with van der Waals surface area (Å²) in [6, 6.07) is 14.5. The number of pyridine rings is 1. The third kappa shape index (κ3) is 11.2. The van der Waals surface area contributed by atoms with Crippen LogP contribution in [0, 0.1) is 24.1 Å². The second kappa shape index (κ2) is 18.8. The lowest BCUT2D eigenvalue weighted by atomic mass is 10.0. The third-order valence-electron chi connectivity index (χ3n) is 7.56. The number of rotatable bonds is 8. The van der Waals surface area contributed by atoms with Gasteiger partial charge in [0.15, 0.2) is 0 Å². The van der Waals surface area contributed by atoms with Crippen molar-refractivity contribution in [1.29, 1.82) is 5.41 Å². The molecule has 0 bridgehead atoms. The molecule has 2 saturated heterocycles. The van der Waals surface area contributed by atoms with Gasteiger partial charge in [-0.2, -0.15) is 0 Å². The summed E-state index contributed by atoms with van der Waals surface area (Å²) in [4.78, 5) is 8.12. The number of piperidine rings is 1. The van der Waals surface area contributed by atoms with Gasteiger partial charge in [0.2, 0.25) is 0 Å². The van der Waals surface area contributed by atoms with Crippen LogP contribution in [0.2, 0.25) is 0 Å². The summed E-state index contributed by atoms with van der Waals surface area (Å²) in [6.45, 7) is 10.1. The van der Waals surface area contributed by atoms with Crippen molar-refractivity contribution in [3.05, 3.63) is 109 Å². The van der Waals surface area contributed by atoms with Crippen molar-refractivity contribution in [3.8, 4) is 18.6 Å². The highest BCUT2D eigenvalue weighted by atomic mass is 19.1. The number of anilines is 2. The molecule has 0 amide bonds. The van der Waals surface area contributed by atoms with E-state index in [9.17, 15) is 8.78 Å². The maximum absolute atomic E-state index is 13.8. The summed E-state index contributed by atoms with van der Waals surface area (Å²) in [5, 5.41) is 11.2. The molecule has 0 saturated carbocycles. The smallest absolute Gasteiger partial charge is 0.142 e. The Labute approximate surface area is 272 Å². The van der Waals surface area contributed by atoms with Crippen LogP contribution in [0.4, 0.5) is 20.2 Å². The van der Waals surface area contributed by atoms with E-state index in [0.29, 0.717) is 54.0 Å². The van der Waals surface area contributed by atoms with Gasteiger partial charge in [-0.25, -0.2) is 8.78 Å². The standard InChI is InChI=1S/C14H20FNO.C14H15N5.C6H10FN.C2H2/c1-11-6-3-4-9-16(11)10-12-13(15)7-5-8-14(12)17-2;15-5-8-19-11-1-2-13(16)12(9-11)14(17)10-3-6-18-7-4-10;1-3-8-4-6(2,7)5-8;1-2/h5,7-8,11H,3-4,6,9-10H2,1-2H3;1-9,17,19H,15-16H2;3H,1,4-5H2,2H3;1-2H/b;8-5-,17-14?;;. The van der Waals surface area contributed by atoms with Gasteiger partial charge >= 0.3 is 0 Å². The van der Waals surface area contributed by atoms with Crippen molar-refractivity contribution in [3.63, 3.8) is 0 Å². The number of likely N-dealkylation sites (tertiary alicyclic amines) is 2. The Balaban J connectivity index is 0.000000250. The molecule has 1 atom stereocenters. The molecule has 2 fully saturated rings. The number of nitrogens with one attached hydrogen (secondary N) is 2. The fraction of sp³-hybridized carbons (Fsp3) is 0.333. The Bertz CT molecular complexity index is 1430. The summed E-state index contributed by atoms with van der Waals surface area (Å²) in [7, 11) is 1.60. The van der Waals surface area contributed by atoms with Crippen LogP contribution in [0.15, 0.2) is 86.1 Å². The van der Waals surface area contributed by atoms with E-state index >= 15 is 0 Å². The predicted octanol–water partition coefficient (Wildman–Crippen LogP) is 6.55. The highest BCUT2D eigenvalue weighted by molar-refractivity contribution is 6.14. The molecule has 246 valence electrons. The molecule has 2 aliphatic rings. The van der Waals surface area contributed by atoms with Crippen LogP contribution in [0.25, 0.3) is 0 Å². The molecule has 3 aromatic rings. The SMILES string of the molecule is C#C.C=CN1CC(C)(F)C1.COc1cccc(F)c1CN1CCCCC1C.N=C(c1ccncc1)c1cc(N/C=C\N)ccc1N. The summed E-state index contributed by atoms with van der Waals surface area (Å²) >= 11 is 0. The van der Waals surface area contributed by atoms with E-state index in [2.05, 4.69) is 41.6 Å². The summed E-state index contributed by atoms with van der Waals surface area (Å²) in [5.74, 6) is 0.491. The Morgan fingerprint density at radius 3 is 2.46 bits per heavy atom. The molecule has 0 spiro atoms. The molecule has 5 rings (SSSR count). The largest absolute Gasteiger partial charge is 0.496 e. The van der Waals surface area contributed by atoms with E-state index in [-0.39, 0.29) is 5.82 Å². The Hall–Kier alpha value is -4.88. The maximum Gasteiger partial charge on any atom is 0.142 e. The topological polar surface area (TPSA) is 117 Å². The molecule has 0 aliphatic carbocycles. The number of aromatic nitrogens is 1. The molecular formula is C36H47F2N7O. The molecule has 2 aliphatic heterocycles. The van der Waals surface area contributed by atoms with Gasteiger partial charge in [-0.3, -0.25) is 15.3 Å². The van der Waals surface area contributed by atoms with E-state index in [0.717, 1.165) is 17.8 Å². The van der Waals surface area contributed by atoms with E-state index in [1.165, 1.54) is 31.5 Å². The number of ether oxygens (including phenoxy) is 1. The summed E-state index contributed by atoms with van der Waals surface area (Å²) in [5.41, 5.74) is 14.1. The maximum atomic E-state index is 13.8. The first kappa shape index (κ1) is 37.3. The summed E-state index contributed by atoms with van der Waals surface area (Å²) in [6.07, 6.45) is 19.7. The Morgan fingerprint density at radius 2 is 1.89 bits per heavy atom. The lowest BCUT2D eigenvalue weighted by molar-refractivity contribution is 0.0159. The number of hydrogen-bond acceptors (Lipinski definition) is 8. The Kier molecular flexibility index (Phi) is 15.3. The number of nitrogens with two attached hydrogens (primary N) is 2. The monoisotopic (exact) mass is 631 g/mol. The van der Waals surface area contributed by atoms with E-state index in [1.807, 2.05) is 23.1 Å². The molecule has 8 nitrogen and oxygen atoms in total. The average molecular weight is 632 g/mol. The molecule has 0 radical (unpaired) electrons. The zero-order valence-corrected chi connectivity index (χ0v) is 27.1. The third-order valence-corrected chi connectivity index (χ3v) is 7.56. The van der Waals surface area contributed by atoms with Gasteiger partial charge in [0, 0.05) is 65.4 Å². The lowest BCUT2D eigenvalue weighted by Gasteiger charge is -2.41. The van der Waals surface area contributed by atoms with Crippen LogP contribution >= 0.6 is 0 Å². The van der Waals surface area contributed by atoms with E-state index < -0.39 is 5.67 Å². The highest BCUT2D eigenvalue weighted by Crippen LogP contribution is 2.27. The molecule has 6 N–H and O–H groups in total. The minimum Gasteiger partial charge on any atom is -0.496 e. The van der Waals surface area contributed by atoms with Crippen molar-refractivity contribution < 1.29 is 13.5 Å². The van der Waals surface area contributed by atoms with Gasteiger partial charge in [0.1, 0.15) is 17.2 Å². The van der Waals surface area contributed by atoms with Crippen LogP contribution in [-0.2, 0) is 6.54 Å². The Morgan fingerprint density at radius 1 is 1.20 bits per heavy atom. The second-order valence-corrected chi connectivity index (χ2v) is 11.2. The number of halogens is 2. The number of nitrogen functional groups attached to an aromatic ring is 1. The lowest BCUT2D eigenvalue weighted by Crippen LogP contribution is -2.54. The molecule has 1 unspecified atom stereocenters. The fourth-order valence-corrected chi connectivity index (χ4v) is 5.09. The second-order valence-electron chi connectivity index (χ2n) is 11.2. The van der Waals surface area contributed by atoms with E-state index in [1.54, 1.807) is 63.1 Å². The van der Waals surface area contributed by atoms with Crippen molar-refractivity contribution in [2.45, 2.75) is 51.4 Å². The zero-order chi connectivity index (χ0) is 34.1. The minimum atomic E-state index is -0.950. The van der Waals surface area contributed by atoms with Crippen LogP contribution < -0.4 is 21.5 Å². The molecule has 1 aromatic heterocycles. The van der Waals surface area contributed by atoms with Crippen molar-refractivity contribution >= 4 is 17.1 Å². The molecule has 46 heavy (non-hydrogen) atoms. The van der Waals surface area contributed by atoms with Crippen LogP contribution in [0.1, 0.15) is 49.8 Å². The molecule has 2 aromatic carbocycles. The van der Waals surface area contributed by atoms with E-state index in [4.69, 9.17) is 21.6 Å². The van der Waals surface area contributed by atoms with Crippen LogP contribution in [0.5, 0.6) is 5.75 Å². The number of nitrogens with zero attached hydrogens (tertiary/aromatic N) is 3. The fourth-order valence-electron chi connectivity index (χ4n) is 5.09. The zero-order valence-electron chi connectivity index (χ0n) is 27.1. The average Bonchev–Trinajstić information content (AvgIpc) is 3.06. The van der Waals surface area contributed by atoms with Gasteiger partial charge in [0.25, 0.3) is 0 Å². The minimum absolute atomic E-state index is 0.165. The van der Waals surface area contributed by atoms with Crippen LogP contribution in [-0.4, -0.2) is 59.0 Å². The number of methoxy groups -OCH3 is 1. The van der Waals surface area contributed by atoms with Gasteiger partial charge in [-0.15, -0.1) is 12.8 Å². The normalized spacial score (nSPS) is 16.6.